The van der Waals surface area contributed by atoms with Crippen LogP contribution in [0.25, 0.3) is 0 Å². The first kappa shape index (κ1) is 18.7. The Morgan fingerprint density at radius 3 is 2.53 bits per heavy atom. The van der Waals surface area contributed by atoms with Crippen molar-refractivity contribution in [1.29, 1.82) is 0 Å². The Balaban J connectivity index is 0.00000324. The average molecular weight is 291 g/mol. The number of rotatable bonds is 6. The molecule has 3 nitrogen and oxygen atoms in total. The number of nitrogens with two attached hydrogens (primary N) is 1. The molecule has 1 amide bonds. The lowest BCUT2D eigenvalue weighted by Gasteiger charge is -2.28. The van der Waals surface area contributed by atoms with Crippen LogP contribution in [0.1, 0.15) is 65.2 Å². The van der Waals surface area contributed by atoms with Gasteiger partial charge in [-0.1, -0.05) is 26.2 Å². The fourth-order valence-corrected chi connectivity index (χ4v) is 2.79. The van der Waals surface area contributed by atoms with Crippen LogP contribution in [-0.4, -0.2) is 29.9 Å². The first-order valence-electron chi connectivity index (χ1n) is 7.64. The number of likely N-dealkylation sites (tertiary alicyclic amines) is 1. The molecule has 1 fully saturated rings. The van der Waals surface area contributed by atoms with E-state index >= 15 is 0 Å². The third kappa shape index (κ3) is 7.17. The van der Waals surface area contributed by atoms with Crippen molar-refractivity contribution < 1.29 is 4.79 Å². The third-order valence-corrected chi connectivity index (χ3v) is 4.02. The van der Waals surface area contributed by atoms with E-state index < -0.39 is 0 Å². The highest BCUT2D eigenvalue weighted by Gasteiger charge is 2.24. The van der Waals surface area contributed by atoms with E-state index in [0.717, 1.165) is 45.2 Å². The molecule has 4 heteroatoms. The van der Waals surface area contributed by atoms with Gasteiger partial charge in [-0.25, -0.2) is 0 Å². The molecule has 1 rings (SSSR count). The summed E-state index contributed by atoms with van der Waals surface area (Å²) in [4.78, 5) is 14.4. The number of carbonyl (C=O) groups is 1. The van der Waals surface area contributed by atoms with Gasteiger partial charge < -0.3 is 10.6 Å². The molecule has 2 atom stereocenters. The summed E-state index contributed by atoms with van der Waals surface area (Å²) in [7, 11) is 0. The van der Waals surface area contributed by atoms with Gasteiger partial charge in [-0.15, -0.1) is 12.4 Å². The van der Waals surface area contributed by atoms with E-state index in [0.29, 0.717) is 17.9 Å². The topological polar surface area (TPSA) is 46.3 Å². The van der Waals surface area contributed by atoms with E-state index in [2.05, 4.69) is 18.7 Å². The van der Waals surface area contributed by atoms with Crippen LogP contribution in [0.4, 0.5) is 0 Å². The van der Waals surface area contributed by atoms with Gasteiger partial charge in [-0.3, -0.25) is 4.79 Å². The average Bonchev–Trinajstić information content (AvgIpc) is 2.51. The van der Waals surface area contributed by atoms with Crippen LogP contribution in [0.2, 0.25) is 0 Å². The number of halogens is 1. The summed E-state index contributed by atoms with van der Waals surface area (Å²) in [5, 5.41) is 0. The highest BCUT2D eigenvalue weighted by atomic mass is 35.5. The monoisotopic (exact) mass is 290 g/mol. The SMILES string of the molecule is CC1CCCC(C)N(C(=O)CCCCCCN)C1.Cl. The van der Waals surface area contributed by atoms with Crippen molar-refractivity contribution in [3.63, 3.8) is 0 Å². The quantitative estimate of drug-likeness (QED) is 0.763. The van der Waals surface area contributed by atoms with E-state index in [-0.39, 0.29) is 12.4 Å². The van der Waals surface area contributed by atoms with Crippen LogP contribution in [-0.2, 0) is 4.79 Å². The predicted octanol–water partition coefficient (Wildman–Crippen LogP) is 3.35. The van der Waals surface area contributed by atoms with Crippen LogP contribution in [0.3, 0.4) is 0 Å². The summed E-state index contributed by atoms with van der Waals surface area (Å²) in [5.41, 5.74) is 5.46. The van der Waals surface area contributed by atoms with Crippen LogP contribution in [0.15, 0.2) is 0 Å². The molecule has 0 aromatic carbocycles. The maximum absolute atomic E-state index is 12.2. The highest BCUT2D eigenvalue weighted by Crippen LogP contribution is 2.21. The Labute approximate surface area is 124 Å². The van der Waals surface area contributed by atoms with Crippen molar-refractivity contribution in [2.75, 3.05) is 13.1 Å². The standard InChI is InChI=1S/C15H30N2O.ClH/c1-13-8-7-9-14(2)17(12-13)15(18)10-5-3-4-6-11-16;/h13-14H,3-12,16H2,1-2H3;1H. The molecule has 0 aliphatic carbocycles. The Morgan fingerprint density at radius 2 is 1.84 bits per heavy atom. The molecule has 0 spiro atoms. The minimum absolute atomic E-state index is 0. The van der Waals surface area contributed by atoms with Gasteiger partial charge in [-0.2, -0.15) is 0 Å². The van der Waals surface area contributed by atoms with Gasteiger partial charge in [0.05, 0.1) is 0 Å². The summed E-state index contributed by atoms with van der Waals surface area (Å²) >= 11 is 0. The minimum Gasteiger partial charge on any atom is -0.340 e. The zero-order valence-electron chi connectivity index (χ0n) is 12.6. The van der Waals surface area contributed by atoms with E-state index in [4.69, 9.17) is 5.73 Å². The molecule has 1 aliphatic rings. The minimum atomic E-state index is 0. The molecule has 114 valence electrons. The van der Waals surface area contributed by atoms with Crippen molar-refractivity contribution in [3.05, 3.63) is 0 Å². The van der Waals surface area contributed by atoms with Gasteiger partial charge in [0.15, 0.2) is 0 Å². The molecule has 2 N–H and O–H groups in total. The summed E-state index contributed by atoms with van der Waals surface area (Å²) in [6, 6.07) is 0.437. The van der Waals surface area contributed by atoms with Crippen LogP contribution in [0, 0.1) is 5.92 Å². The molecular weight excluding hydrogens is 260 g/mol. The summed E-state index contributed by atoms with van der Waals surface area (Å²) in [6.07, 6.45) is 8.84. The second-order valence-electron chi connectivity index (χ2n) is 5.88. The van der Waals surface area contributed by atoms with Crippen molar-refractivity contribution in [2.45, 2.75) is 71.3 Å². The summed E-state index contributed by atoms with van der Waals surface area (Å²) in [6.45, 7) is 6.20. The fourth-order valence-electron chi connectivity index (χ4n) is 2.79. The summed E-state index contributed by atoms with van der Waals surface area (Å²) < 4.78 is 0. The van der Waals surface area contributed by atoms with Crippen LogP contribution in [0.5, 0.6) is 0 Å². The van der Waals surface area contributed by atoms with Crippen molar-refractivity contribution in [1.82, 2.24) is 4.90 Å². The fraction of sp³-hybridized carbons (Fsp3) is 0.933. The first-order chi connectivity index (χ1) is 8.65. The van der Waals surface area contributed by atoms with Gasteiger partial charge >= 0.3 is 0 Å². The normalized spacial score (nSPS) is 23.6. The second-order valence-corrected chi connectivity index (χ2v) is 5.88. The van der Waals surface area contributed by atoms with Crippen molar-refractivity contribution in [3.8, 4) is 0 Å². The molecule has 0 radical (unpaired) electrons. The maximum atomic E-state index is 12.2. The number of carbonyl (C=O) groups excluding carboxylic acids is 1. The van der Waals surface area contributed by atoms with E-state index in [9.17, 15) is 4.79 Å². The number of nitrogens with zero attached hydrogens (tertiary/aromatic N) is 1. The van der Waals surface area contributed by atoms with Gasteiger partial charge in [0.2, 0.25) is 5.91 Å². The molecule has 0 aromatic heterocycles. The maximum Gasteiger partial charge on any atom is 0.222 e. The molecule has 0 bridgehead atoms. The number of amides is 1. The largest absolute Gasteiger partial charge is 0.340 e. The number of hydrogen-bond acceptors (Lipinski definition) is 2. The lowest BCUT2D eigenvalue weighted by molar-refractivity contribution is -0.133. The smallest absolute Gasteiger partial charge is 0.222 e. The van der Waals surface area contributed by atoms with E-state index in [1.807, 2.05) is 0 Å². The molecule has 1 saturated heterocycles. The Morgan fingerprint density at radius 1 is 1.16 bits per heavy atom. The van der Waals surface area contributed by atoms with Crippen molar-refractivity contribution in [2.24, 2.45) is 11.7 Å². The van der Waals surface area contributed by atoms with Crippen LogP contribution < -0.4 is 5.73 Å². The predicted molar refractivity (Wildman–Crippen MR) is 83.6 cm³/mol. The molecule has 0 aromatic rings. The number of hydrogen-bond donors (Lipinski definition) is 1. The zero-order chi connectivity index (χ0) is 13.4. The second kappa shape index (κ2) is 10.5. The molecular formula is C15H31ClN2O. The van der Waals surface area contributed by atoms with Gasteiger partial charge in [0.1, 0.15) is 0 Å². The number of unbranched alkanes of at least 4 members (excludes halogenated alkanes) is 3. The summed E-state index contributed by atoms with van der Waals surface area (Å²) in [5.74, 6) is 1.03. The van der Waals surface area contributed by atoms with E-state index in [1.54, 1.807) is 0 Å². The van der Waals surface area contributed by atoms with Crippen molar-refractivity contribution >= 4 is 18.3 Å². The van der Waals surface area contributed by atoms with E-state index in [1.165, 1.54) is 19.3 Å². The lowest BCUT2D eigenvalue weighted by Crippen LogP contribution is -2.39. The van der Waals surface area contributed by atoms with Gasteiger partial charge in [0, 0.05) is 19.0 Å². The molecule has 19 heavy (non-hydrogen) atoms. The van der Waals surface area contributed by atoms with Gasteiger partial charge in [-0.05, 0) is 45.1 Å². The lowest BCUT2D eigenvalue weighted by atomic mass is 10.1. The van der Waals surface area contributed by atoms with Gasteiger partial charge in [0.25, 0.3) is 0 Å². The molecule has 0 saturated carbocycles. The Hall–Kier alpha value is -0.280. The first-order valence-corrected chi connectivity index (χ1v) is 7.64. The molecule has 2 unspecified atom stereocenters. The Bertz CT molecular complexity index is 248. The molecule has 1 aliphatic heterocycles. The Kier molecular flexibility index (Phi) is 10.3. The zero-order valence-corrected chi connectivity index (χ0v) is 13.4. The van der Waals surface area contributed by atoms with Crippen LogP contribution >= 0.6 is 12.4 Å². The highest BCUT2D eigenvalue weighted by molar-refractivity contribution is 5.85. The molecule has 1 heterocycles. The third-order valence-electron chi connectivity index (χ3n) is 4.02.